The molecule has 214 valence electrons. The van der Waals surface area contributed by atoms with Crippen molar-refractivity contribution in [3.05, 3.63) is 95.3 Å². The van der Waals surface area contributed by atoms with E-state index in [1.165, 1.54) is 29.2 Å². The maximum Gasteiger partial charge on any atom is 0.264 e. The summed E-state index contributed by atoms with van der Waals surface area (Å²) >= 11 is 0. The predicted octanol–water partition coefficient (Wildman–Crippen LogP) is 5.36. The van der Waals surface area contributed by atoms with Gasteiger partial charge in [-0.15, -0.1) is 0 Å². The SMILES string of the molecule is CC[C@@H](C)NC(=O)[C@@H](CC)N(Cc1ccc(F)cc1)C(=O)CN(c1ccc(C)cc1C)S(=O)(=O)c1ccccc1. The number of carbonyl (C=O) groups is 2. The number of carbonyl (C=O) groups excluding carboxylic acids is 2. The molecule has 3 rings (SSSR count). The molecular weight excluding hydrogens is 529 g/mol. The first-order chi connectivity index (χ1) is 19.0. The topological polar surface area (TPSA) is 86.8 Å². The van der Waals surface area contributed by atoms with Crippen LogP contribution in [-0.4, -0.2) is 43.8 Å². The molecule has 0 heterocycles. The Morgan fingerprint density at radius 2 is 1.57 bits per heavy atom. The van der Waals surface area contributed by atoms with E-state index in [4.69, 9.17) is 0 Å². The van der Waals surface area contributed by atoms with Crippen molar-refractivity contribution in [1.29, 1.82) is 0 Å². The van der Waals surface area contributed by atoms with E-state index in [2.05, 4.69) is 5.32 Å². The standard InChI is InChI=1S/C31H38FN3O4S/c1-6-24(5)33-31(37)28(7-2)34(20-25-14-16-26(32)17-15-25)30(36)21-35(29-18-13-22(3)19-23(29)4)40(38,39)27-11-9-8-10-12-27/h8-19,24,28H,6-7,20-21H2,1-5H3,(H,33,37)/t24-,28-/m1/s1. The number of aryl methyl sites for hydroxylation is 2. The van der Waals surface area contributed by atoms with Gasteiger partial charge in [-0.25, -0.2) is 12.8 Å². The van der Waals surface area contributed by atoms with Crippen molar-refractivity contribution >= 4 is 27.5 Å². The number of hydrogen-bond donors (Lipinski definition) is 1. The van der Waals surface area contributed by atoms with Crippen molar-refractivity contribution in [3.63, 3.8) is 0 Å². The quantitative estimate of drug-likeness (QED) is 0.319. The molecule has 2 atom stereocenters. The number of anilines is 1. The van der Waals surface area contributed by atoms with Crippen LogP contribution in [0.2, 0.25) is 0 Å². The molecule has 0 spiro atoms. The van der Waals surface area contributed by atoms with Gasteiger partial charge in [0.2, 0.25) is 11.8 Å². The molecule has 0 saturated heterocycles. The lowest BCUT2D eigenvalue weighted by Crippen LogP contribution is -2.53. The number of benzene rings is 3. The van der Waals surface area contributed by atoms with E-state index in [1.54, 1.807) is 56.3 Å². The van der Waals surface area contributed by atoms with E-state index in [1.807, 2.05) is 26.8 Å². The molecule has 0 aliphatic carbocycles. The Kier molecular flexibility index (Phi) is 10.5. The zero-order valence-electron chi connectivity index (χ0n) is 23.7. The lowest BCUT2D eigenvalue weighted by Gasteiger charge is -2.34. The lowest BCUT2D eigenvalue weighted by atomic mass is 10.1. The van der Waals surface area contributed by atoms with Crippen molar-refractivity contribution in [2.24, 2.45) is 0 Å². The fraction of sp³-hybridized carbons (Fsp3) is 0.355. The fourth-order valence-electron chi connectivity index (χ4n) is 4.47. The van der Waals surface area contributed by atoms with Crippen LogP contribution in [-0.2, 0) is 26.2 Å². The van der Waals surface area contributed by atoms with Gasteiger partial charge in [-0.1, -0.05) is 61.9 Å². The van der Waals surface area contributed by atoms with E-state index in [-0.39, 0.29) is 23.4 Å². The molecule has 2 amide bonds. The number of nitrogens with one attached hydrogen (secondary N) is 1. The smallest absolute Gasteiger partial charge is 0.264 e. The highest BCUT2D eigenvalue weighted by atomic mass is 32.2. The second-order valence-electron chi connectivity index (χ2n) is 10.0. The number of hydrogen-bond acceptors (Lipinski definition) is 4. The van der Waals surface area contributed by atoms with Gasteiger partial charge in [0, 0.05) is 12.6 Å². The molecule has 7 nitrogen and oxygen atoms in total. The van der Waals surface area contributed by atoms with Crippen LogP contribution in [0.4, 0.5) is 10.1 Å². The first-order valence-corrected chi connectivity index (χ1v) is 14.9. The molecule has 0 aliphatic rings. The summed E-state index contributed by atoms with van der Waals surface area (Å²) in [6, 6.07) is 18.0. The minimum Gasteiger partial charge on any atom is -0.352 e. The van der Waals surface area contributed by atoms with Crippen molar-refractivity contribution in [3.8, 4) is 0 Å². The highest BCUT2D eigenvalue weighted by Crippen LogP contribution is 2.28. The highest BCUT2D eigenvalue weighted by molar-refractivity contribution is 7.92. The summed E-state index contributed by atoms with van der Waals surface area (Å²) in [5.41, 5.74) is 2.64. The summed E-state index contributed by atoms with van der Waals surface area (Å²) in [5.74, 6) is -1.29. The maximum absolute atomic E-state index is 14.1. The third-order valence-electron chi connectivity index (χ3n) is 6.88. The molecule has 9 heteroatoms. The van der Waals surface area contributed by atoms with Gasteiger partial charge in [0.05, 0.1) is 10.6 Å². The van der Waals surface area contributed by atoms with Crippen LogP contribution < -0.4 is 9.62 Å². The molecule has 0 unspecified atom stereocenters. The molecule has 3 aromatic carbocycles. The summed E-state index contributed by atoms with van der Waals surface area (Å²) < 4.78 is 42.6. The Morgan fingerprint density at radius 3 is 2.15 bits per heavy atom. The third-order valence-corrected chi connectivity index (χ3v) is 8.66. The van der Waals surface area contributed by atoms with Crippen LogP contribution in [0.25, 0.3) is 0 Å². The Morgan fingerprint density at radius 1 is 0.925 bits per heavy atom. The molecule has 0 bridgehead atoms. The van der Waals surface area contributed by atoms with Crippen LogP contribution in [0.5, 0.6) is 0 Å². The lowest BCUT2D eigenvalue weighted by molar-refractivity contribution is -0.140. The fourth-order valence-corrected chi connectivity index (χ4v) is 5.97. The van der Waals surface area contributed by atoms with Crippen LogP contribution >= 0.6 is 0 Å². The average molecular weight is 568 g/mol. The molecule has 1 N–H and O–H groups in total. The number of rotatable bonds is 12. The molecule has 0 fully saturated rings. The predicted molar refractivity (Wildman–Crippen MR) is 156 cm³/mol. The van der Waals surface area contributed by atoms with Crippen molar-refractivity contribution in [2.75, 3.05) is 10.8 Å². The van der Waals surface area contributed by atoms with Gasteiger partial charge in [-0.05, 0) is 75.1 Å². The van der Waals surface area contributed by atoms with Crippen molar-refractivity contribution < 1.29 is 22.4 Å². The number of sulfonamides is 1. The summed E-state index contributed by atoms with van der Waals surface area (Å²) in [7, 11) is -4.14. The molecular formula is C31H38FN3O4S. The molecule has 40 heavy (non-hydrogen) atoms. The van der Waals surface area contributed by atoms with E-state index in [0.717, 1.165) is 9.87 Å². The molecule has 3 aromatic rings. The third kappa shape index (κ3) is 7.47. The van der Waals surface area contributed by atoms with Crippen LogP contribution in [0.1, 0.15) is 50.3 Å². The van der Waals surface area contributed by atoms with E-state index in [0.29, 0.717) is 29.7 Å². The van der Waals surface area contributed by atoms with Crippen molar-refractivity contribution in [2.45, 2.75) is 71.0 Å². The Bertz CT molecular complexity index is 1410. The number of halogens is 1. The van der Waals surface area contributed by atoms with Crippen LogP contribution in [0, 0.1) is 19.7 Å². The molecule has 0 saturated carbocycles. The zero-order chi connectivity index (χ0) is 29.4. The second-order valence-corrected chi connectivity index (χ2v) is 11.9. The summed E-state index contributed by atoms with van der Waals surface area (Å²) in [6.45, 7) is 8.82. The monoisotopic (exact) mass is 567 g/mol. The second kappa shape index (κ2) is 13.6. The van der Waals surface area contributed by atoms with Gasteiger partial charge in [-0.3, -0.25) is 13.9 Å². The van der Waals surface area contributed by atoms with Gasteiger partial charge in [-0.2, -0.15) is 0 Å². The Labute approximate surface area is 237 Å². The minimum atomic E-state index is -4.14. The Balaban J connectivity index is 2.07. The average Bonchev–Trinajstić information content (AvgIpc) is 2.93. The van der Waals surface area contributed by atoms with Gasteiger partial charge >= 0.3 is 0 Å². The van der Waals surface area contributed by atoms with Crippen molar-refractivity contribution in [1.82, 2.24) is 10.2 Å². The first kappa shape index (κ1) is 30.8. The van der Waals surface area contributed by atoms with Gasteiger partial charge in [0.15, 0.2) is 0 Å². The summed E-state index contributed by atoms with van der Waals surface area (Å²) in [5, 5.41) is 2.94. The Hall–Kier alpha value is -3.72. The highest BCUT2D eigenvalue weighted by Gasteiger charge is 2.34. The number of nitrogens with zero attached hydrogens (tertiary/aromatic N) is 2. The first-order valence-electron chi connectivity index (χ1n) is 13.5. The van der Waals surface area contributed by atoms with Gasteiger partial charge in [0.1, 0.15) is 18.4 Å². The van der Waals surface area contributed by atoms with E-state index in [9.17, 15) is 22.4 Å². The summed E-state index contributed by atoms with van der Waals surface area (Å²) in [6.07, 6.45) is 1.02. The molecule has 0 aliphatic heterocycles. The summed E-state index contributed by atoms with van der Waals surface area (Å²) in [4.78, 5) is 28.8. The maximum atomic E-state index is 14.1. The normalized spacial score (nSPS) is 12.8. The number of amides is 2. The minimum absolute atomic E-state index is 0.0116. The van der Waals surface area contributed by atoms with Crippen LogP contribution in [0.15, 0.2) is 77.7 Å². The molecule has 0 radical (unpaired) electrons. The zero-order valence-corrected chi connectivity index (χ0v) is 24.5. The van der Waals surface area contributed by atoms with E-state index >= 15 is 0 Å². The van der Waals surface area contributed by atoms with Gasteiger partial charge < -0.3 is 10.2 Å². The van der Waals surface area contributed by atoms with E-state index < -0.39 is 34.3 Å². The molecule has 0 aromatic heterocycles. The van der Waals surface area contributed by atoms with Crippen LogP contribution in [0.3, 0.4) is 0 Å². The van der Waals surface area contributed by atoms with Gasteiger partial charge in [0.25, 0.3) is 10.0 Å². The largest absolute Gasteiger partial charge is 0.352 e.